The number of hydrogen-bond acceptors (Lipinski definition) is 3. The molecule has 3 rings (SSSR count). The minimum absolute atomic E-state index is 0.0163. The van der Waals surface area contributed by atoms with Crippen LogP contribution >= 0.6 is 0 Å². The second-order valence-electron chi connectivity index (χ2n) is 6.12. The van der Waals surface area contributed by atoms with E-state index in [1.807, 2.05) is 54.6 Å². The molecule has 1 unspecified atom stereocenters. The van der Waals surface area contributed by atoms with Crippen molar-refractivity contribution in [2.24, 2.45) is 0 Å². The van der Waals surface area contributed by atoms with Crippen LogP contribution in [0.15, 0.2) is 54.6 Å². The van der Waals surface area contributed by atoms with Gasteiger partial charge in [0.1, 0.15) is 11.8 Å². The van der Waals surface area contributed by atoms with Crippen molar-refractivity contribution in [3.63, 3.8) is 0 Å². The number of benzene rings is 2. The molecule has 2 amide bonds. The average molecular weight is 338 g/mol. The van der Waals surface area contributed by atoms with E-state index in [0.29, 0.717) is 25.3 Å². The fourth-order valence-electron chi connectivity index (χ4n) is 3.12. The summed E-state index contributed by atoms with van der Waals surface area (Å²) in [6.45, 7) is 2.80. The Kier molecular flexibility index (Phi) is 5.03. The maximum Gasteiger partial charge on any atom is 0.249 e. The van der Waals surface area contributed by atoms with Crippen LogP contribution in [0.2, 0.25) is 0 Å². The number of ether oxygens (including phenoxy) is 1. The molecule has 1 aliphatic heterocycles. The highest BCUT2D eigenvalue weighted by Gasteiger charge is 2.34. The molecule has 1 atom stereocenters. The van der Waals surface area contributed by atoms with Crippen molar-refractivity contribution in [1.29, 1.82) is 0 Å². The van der Waals surface area contributed by atoms with Gasteiger partial charge in [-0.1, -0.05) is 36.4 Å². The Balaban J connectivity index is 1.71. The molecule has 130 valence electrons. The lowest BCUT2D eigenvalue weighted by molar-refractivity contribution is -0.140. The molecule has 1 saturated heterocycles. The van der Waals surface area contributed by atoms with E-state index in [2.05, 4.69) is 0 Å². The molecular formula is C20H22N2O3. The third kappa shape index (κ3) is 3.65. The monoisotopic (exact) mass is 338 g/mol. The van der Waals surface area contributed by atoms with Gasteiger partial charge in [-0.05, 0) is 24.6 Å². The highest BCUT2D eigenvalue weighted by molar-refractivity contribution is 6.00. The van der Waals surface area contributed by atoms with Crippen molar-refractivity contribution >= 4 is 17.5 Å². The Morgan fingerprint density at radius 2 is 1.88 bits per heavy atom. The van der Waals surface area contributed by atoms with Crippen LogP contribution in [0.4, 0.5) is 5.69 Å². The topological polar surface area (TPSA) is 49.9 Å². The lowest BCUT2D eigenvalue weighted by Crippen LogP contribution is -2.58. The number of hydrogen-bond donors (Lipinski definition) is 0. The van der Waals surface area contributed by atoms with Gasteiger partial charge in [0.25, 0.3) is 0 Å². The van der Waals surface area contributed by atoms with Crippen LogP contribution in [0.5, 0.6) is 5.75 Å². The Hall–Kier alpha value is -2.82. The first-order valence-electron chi connectivity index (χ1n) is 8.39. The summed E-state index contributed by atoms with van der Waals surface area (Å²) < 4.78 is 5.23. The molecule has 0 N–H and O–H groups in total. The maximum atomic E-state index is 12.8. The number of nitrogens with zero attached hydrogens (tertiary/aromatic N) is 2. The second-order valence-corrected chi connectivity index (χ2v) is 6.12. The van der Waals surface area contributed by atoms with E-state index in [9.17, 15) is 9.59 Å². The van der Waals surface area contributed by atoms with E-state index in [4.69, 9.17) is 4.74 Å². The molecule has 25 heavy (non-hydrogen) atoms. The molecule has 0 aliphatic carbocycles. The molecule has 0 aromatic heterocycles. The lowest BCUT2D eigenvalue weighted by atomic mass is 10.1. The second kappa shape index (κ2) is 7.38. The van der Waals surface area contributed by atoms with Crippen molar-refractivity contribution in [3.05, 3.63) is 60.2 Å². The highest BCUT2D eigenvalue weighted by Crippen LogP contribution is 2.24. The summed E-state index contributed by atoms with van der Waals surface area (Å²) in [5.41, 5.74) is 1.76. The Morgan fingerprint density at radius 3 is 2.60 bits per heavy atom. The van der Waals surface area contributed by atoms with Crippen LogP contribution in [0.3, 0.4) is 0 Å². The standard InChI is InChI=1S/C20H22N2O3/c1-15-20(24)22(17-9-6-10-18(14-17)25-2)12-11-21(15)19(23)13-16-7-4-3-5-8-16/h3-10,14-15H,11-13H2,1-2H3. The summed E-state index contributed by atoms with van der Waals surface area (Å²) >= 11 is 0. The number of anilines is 1. The Morgan fingerprint density at radius 1 is 1.12 bits per heavy atom. The number of piperazine rings is 1. The molecule has 0 radical (unpaired) electrons. The van der Waals surface area contributed by atoms with Crippen molar-refractivity contribution in [2.45, 2.75) is 19.4 Å². The fourth-order valence-corrected chi connectivity index (χ4v) is 3.12. The minimum atomic E-state index is -0.476. The molecule has 5 heteroatoms. The summed E-state index contributed by atoms with van der Waals surface area (Å²) in [5, 5.41) is 0. The first-order valence-corrected chi connectivity index (χ1v) is 8.39. The first kappa shape index (κ1) is 17.0. The van der Waals surface area contributed by atoms with Crippen molar-refractivity contribution in [2.75, 3.05) is 25.1 Å². The predicted molar refractivity (Wildman–Crippen MR) is 96.7 cm³/mol. The van der Waals surface area contributed by atoms with Gasteiger partial charge in [0.2, 0.25) is 11.8 Å². The Labute approximate surface area is 147 Å². The van der Waals surface area contributed by atoms with Gasteiger partial charge in [-0.15, -0.1) is 0 Å². The molecule has 1 fully saturated rings. The van der Waals surface area contributed by atoms with E-state index >= 15 is 0 Å². The van der Waals surface area contributed by atoms with E-state index in [1.54, 1.807) is 23.8 Å². The van der Waals surface area contributed by atoms with Crippen LogP contribution in [0, 0.1) is 0 Å². The van der Waals surface area contributed by atoms with Crippen LogP contribution in [0.1, 0.15) is 12.5 Å². The number of methoxy groups -OCH3 is 1. The van der Waals surface area contributed by atoms with E-state index in [1.165, 1.54) is 0 Å². The molecule has 1 heterocycles. The number of rotatable bonds is 4. The largest absolute Gasteiger partial charge is 0.497 e. The zero-order valence-corrected chi connectivity index (χ0v) is 14.5. The normalized spacial score (nSPS) is 17.5. The van der Waals surface area contributed by atoms with Gasteiger partial charge in [0.15, 0.2) is 0 Å². The zero-order valence-electron chi connectivity index (χ0n) is 14.5. The van der Waals surface area contributed by atoms with Gasteiger partial charge >= 0.3 is 0 Å². The molecule has 2 aromatic carbocycles. The van der Waals surface area contributed by atoms with Gasteiger partial charge in [-0.2, -0.15) is 0 Å². The Bertz CT molecular complexity index is 761. The summed E-state index contributed by atoms with van der Waals surface area (Å²) in [7, 11) is 1.60. The van der Waals surface area contributed by atoms with Crippen LogP contribution in [-0.2, 0) is 16.0 Å². The van der Waals surface area contributed by atoms with E-state index in [0.717, 1.165) is 11.3 Å². The van der Waals surface area contributed by atoms with Crippen molar-refractivity contribution < 1.29 is 14.3 Å². The summed E-state index contributed by atoms with van der Waals surface area (Å²) in [6, 6.07) is 16.6. The molecular weight excluding hydrogens is 316 g/mol. The number of carbonyl (C=O) groups is 2. The van der Waals surface area contributed by atoms with Gasteiger partial charge in [0.05, 0.1) is 13.5 Å². The maximum absolute atomic E-state index is 12.8. The van der Waals surface area contributed by atoms with Gasteiger partial charge in [0, 0.05) is 24.8 Å². The molecule has 0 saturated carbocycles. The highest BCUT2D eigenvalue weighted by atomic mass is 16.5. The van der Waals surface area contributed by atoms with Gasteiger partial charge in [-0.3, -0.25) is 9.59 Å². The number of amides is 2. The molecule has 0 spiro atoms. The van der Waals surface area contributed by atoms with Crippen molar-refractivity contribution in [1.82, 2.24) is 4.90 Å². The quantitative estimate of drug-likeness (QED) is 0.861. The van der Waals surface area contributed by atoms with Gasteiger partial charge in [-0.25, -0.2) is 0 Å². The molecule has 2 aromatic rings. The third-order valence-electron chi connectivity index (χ3n) is 4.54. The summed E-state index contributed by atoms with van der Waals surface area (Å²) in [4.78, 5) is 28.8. The van der Waals surface area contributed by atoms with E-state index in [-0.39, 0.29) is 11.8 Å². The summed E-state index contributed by atoms with van der Waals surface area (Å²) in [6.07, 6.45) is 0.317. The first-order chi connectivity index (χ1) is 12.1. The van der Waals surface area contributed by atoms with E-state index < -0.39 is 6.04 Å². The van der Waals surface area contributed by atoms with Crippen molar-refractivity contribution in [3.8, 4) is 5.75 Å². The molecule has 1 aliphatic rings. The SMILES string of the molecule is COc1cccc(N2CCN(C(=O)Cc3ccccc3)C(C)C2=O)c1. The predicted octanol–water partition coefficient (Wildman–Crippen LogP) is 2.50. The van der Waals surface area contributed by atoms with Crippen LogP contribution < -0.4 is 9.64 Å². The lowest BCUT2D eigenvalue weighted by Gasteiger charge is -2.39. The number of carbonyl (C=O) groups excluding carboxylic acids is 2. The summed E-state index contributed by atoms with van der Waals surface area (Å²) in [5.74, 6) is 0.624. The zero-order chi connectivity index (χ0) is 17.8. The molecule has 5 nitrogen and oxygen atoms in total. The minimum Gasteiger partial charge on any atom is -0.497 e. The average Bonchev–Trinajstić information content (AvgIpc) is 2.64. The van der Waals surface area contributed by atoms with Crippen LogP contribution in [0.25, 0.3) is 0 Å². The smallest absolute Gasteiger partial charge is 0.249 e. The third-order valence-corrected chi connectivity index (χ3v) is 4.54. The fraction of sp³-hybridized carbons (Fsp3) is 0.300. The van der Waals surface area contributed by atoms with Crippen LogP contribution in [-0.4, -0.2) is 43.0 Å². The molecule has 0 bridgehead atoms. The van der Waals surface area contributed by atoms with Gasteiger partial charge < -0.3 is 14.5 Å².